The van der Waals surface area contributed by atoms with Crippen LogP contribution in [0.15, 0.2) is 48.5 Å². The predicted molar refractivity (Wildman–Crippen MR) is 197 cm³/mol. The van der Waals surface area contributed by atoms with Gasteiger partial charge in [-0.2, -0.15) is 0 Å². The van der Waals surface area contributed by atoms with Gasteiger partial charge in [-0.15, -0.1) is 0 Å². The maximum atomic E-state index is 11.5. The van der Waals surface area contributed by atoms with Crippen molar-refractivity contribution in [3.8, 4) is 28.4 Å². The van der Waals surface area contributed by atoms with Crippen molar-refractivity contribution in [3.63, 3.8) is 0 Å². The van der Waals surface area contributed by atoms with Crippen LogP contribution in [-0.4, -0.2) is 42.3 Å². The predicted octanol–water partition coefficient (Wildman–Crippen LogP) is 10.5. The maximum Gasteiger partial charge on any atom is 0.307 e. The third-order valence-corrected chi connectivity index (χ3v) is 11.7. The van der Waals surface area contributed by atoms with E-state index in [0.29, 0.717) is 42.3 Å². The number of aliphatic carboxylic acids is 1. The molecule has 0 radical (unpaired) electrons. The number of hydrogen-bond donors (Lipinski definition) is 1. The highest BCUT2D eigenvalue weighted by Crippen LogP contribution is 2.46. The summed E-state index contributed by atoms with van der Waals surface area (Å²) in [5.41, 5.74) is 7.63. The summed E-state index contributed by atoms with van der Waals surface area (Å²) >= 11 is 6.84. The Morgan fingerprint density at radius 1 is 0.980 bits per heavy atom. The molecule has 3 aliphatic rings. The lowest BCUT2D eigenvalue weighted by atomic mass is 9.79. The van der Waals surface area contributed by atoms with Crippen molar-refractivity contribution in [1.82, 2.24) is 4.90 Å². The maximum absolute atomic E-state index is 11.5. The van der Waals surface area contributed by atoms with Gasteiger partial charge in [0.25, 0.3) is 0 Å². The van der Waals surface area contributed by atoms with Crippen molar-refractivity contribution in [2.75, 3.05) is 26.3 Å². The Bertz CT molecular complexity index is 1620. The van der Waals surface area contributed by atoms with Crippen LogP contribution in [0.3, 0.4) is 0 Å². The van der Waals surface area contributed by atoms with E-state index in [2.05, 4.69) is 62.1 Å². The number of carboxylic acids is 1. The zero-order valence-electron chi connectivity index (χ0n) is 29.9. The number of hydrogen-bond acceptors (Lipinski definition) is 5. The van der Waals surface area contributed by atoms with Crippen molar-refractivity contribution in [3.05, 3.63) is 75.8 Å². The zero-order valence-corrected chi connectivity index (χ0v) is 30.6. The number of rotatable bonds is 15. The van der Waals surface area contributed by atoms with Crippen LogP contribution in [0.4, 0.5) is 0 Å². The average Bonchev–Trinajstić information content (AvgIpc) is 3.80. The number of carboxylic acid groups (broad SMARTS) is 1. The minimum atomic E-state index is -0.731. The fraction of sp³-hybridized carbons (Fsp3) is 0.548. The van der Waals surface area contributed by atoms with E-state index in [1.54, 1.807) is 0 Å². The minimum absolute atomic E-state index is 0.114. The van der Waals surface area contributed by atoms with Gasteiger partial charge < -0.3 is 19.3 Å². The van der Waals surface area contributed by atoms with E-state index in [1.807, 2.05) is 19.1 Å². The first-order chi connectivity index (χ1) is 23.6. The van der Waals surface area contributed by atoms with E-state index < -0.39 is 5.97 Å². The topological polar surface area (TPSA) is 68.2 Å². The molecule has 1 N–H and O–H groups in total. The summed E-state index contributed by atoms with van der Waals surface area (Å²) in [7, 11) is 0. The Hall–Kier alpha value is -3.22. The average molecular weight is 688 g/mol. The van der Waals surface area contributed by atoms with Crippen LogP contribution in [0.1, 0.15) is 107 Å². The summed E-state index contributed by atoms with van der Waals surface area (Å²) in [6.45, 7) is 12.2. The lowest BCUT2D eigenvalue weighted by Gasteiger charge is -2.26. The number of nitrogens with zero attached hydrogens (tertiary/aromatic N) is 1. The summed E-state index contributed by atoms with van der Waals surface area (Å²) in [5.74, 6) is 2.15. The third kappa shape index (κ3) is 8.23. The highest BCUT2D eigenvalue weighted by Gasteiger charge is 2.34. The van der Waals surface area contributed by atoms with Gasteiger partial charge in [-0.25, -0.2) is 0 Å². The molecule has 1 saturated carbocycles. The van der Waals surface area contributed by atoms with Crippen LogP contribution in [0.5, 0.6) is 17.2 Å². The molecule has 3 aromatic rings. The largest absolute Gasteiger partial charge is 0.493 e. The summed E-state index contributed by atoms with van der Waals surface area (Å²) in [4.78, 5) is 13.6. The van der Waals surface area contributed by atoms with E-state index in [4.69, 9.17) is 25.8 Å². The van der Waals surface area contributed by atoms with Gasteiger partial charge in [-0.3, -0.25) is 9.69 Å². The van der Waals surface area contributed by atoms with Gasteiger partial charge in [0, 0.05) is 24.7 Å². The van der Waals surface area contributed by atoms with E-state index >= 15 is 0 Å². The monoisotopic (exact) mass is 687 g/mol. The van der Waals surface area contributed by atoms with Gasteiger partial charge in [0.05, 0.1) is 24.2 Å². The van der Waals surface area contributed by atoms with Crippen molar-refractivity contribution in [1.29, 1.82) is 0 Å². The Labute approximate surface area is 298 Å². The molecule has 2 aliphatic carbocycles. The smallest absolute Gasteiger partial charge is 0.307 e. The number of ether oxygens (including phenoxy) is 3. The van der Waals surface area contributed by atoms with Gasteiger partial charge >= 0.3 is 5.97 Å². The van der Waals surface area contributed by atoms with E-state index in [1.165, 1.54) is 66.3 Å². The first-order valence-electron chi connectivity index (χ1n) is 18.6. The fourth-order valence-corrected chi connectivity index (χ4v) is 8.72. The van der Waals surface area contributed by atoms with Crippen LogP contribution in [0, 0.1) is 24.2 Å². The highest BCUT2D eigenvalue weighted by molar-refractivity contribution is 6.32. The molecule has 0 aromatic heterocycles. The molecular weight excluding hydrogens is 634 g/mol. The second-order valence-electron chi connectivity index (χ2n) is 15.1. The number of fused-ring (bicyclic) bond motifs is 1. The van der Waals surface area contributed by atoms with Crippen LogP contribution < -0.4 is 14.2 Å². The number of halogens is 1. The molecule has 3 aromatic carbocycles. The first-order valence-corrected chi connectivity index (χ1v) is 18.9. The van der Waals surface area contributed by atoms with Gasteiger partial charge in [-0.05, 0) is 117 Å². The molecule has 0 amide bonds. The molecule has 1 heterocycles. The molecule has 0 bridgehead atoms. The number of likely N-dealkylation sites (tertiary alicyclic amines) is 1. The number of benzene rings is 3. The molecular formula is C42H54ClNO5. The summed E-state index contributed by atoms with van der Waals surface area (Å²) in [5, 5.41) is 9.97. The summed E-state index contributed by atoms with van der Waals surface area (Å²) in [6, 6.07) is 16.8. The van der Waals surface area contributed by atoms with Gasteiger partial charge in [0.1, 0.15) is 23.4 Å². The van der Waals surface area contributed by atoms with Crippen LogP contribution in [0.2, 0.25) is 5.02 Å². The van der Waals surface area contributed by atoms with Crippen molar-refractivity contribution in [2.24, 2.45) is 17.3 Å². The molecule has 2 fully saturated rings. The van der Waals surface area contributed by atoms with Crippen LogP contribution >= 0.6 is 11.6 Å². The zero-order chi connectivity index (χ0) is 34.5. The Morgan fingerprint density at radius 2 is 1.80 bits per heavy atom. The standard InChI is InChI=1S/C42H54ClNO5/c1-5-47-39-25-40(36(43)24-30(39)27-44-22-20-29(26-44)41(45)46)49-38-19-18-34-33(15-9-16-35(34)38)32-14-10-17-37(28(32)2)48-23-8-6-7-12-31-13-11-21-42(31,3)4/h9-10,14-17,24-25,29,31,38H,5-8,11-13,18-23,26-27H2,1-4H3,(H,45,46)/t29-,31?,38+/m1/s1. The highest BCUT2D eigenvalue weighted by atomic mass is 35.5. The van der Waals surface area contributed by atoms with Gasteiger partial charge in [0.15, 0.2) is 0 Å². The Morgan fingerprint density at radius 3 is 2.55 bits per heavy atom. The molecule has 6 nitrogen and oxygen atoms in total. The van der Waals surface area contributed by atoms with Gasteiger partial charge in [0.2, 0.25) is 0 Å². The molecule has 3 atom stereocenters. The van der Waals surface area contributed by atoms with E-state index in [0.717, 1.165) is 55.4 Å². The lowest BCUT2D eigenvalue weighted by Crippen LogP contribution is -2.23. The molecule has 1 saturated heterocycles. The second kappa shape index (κ2) is 15.8. The molecule has 7 heteroatoms. The molecule has 1 aliphatic heterocycles. The normalized spacial score (nSPS) is 21.5. The SMILES string of the molecule is CCOc1cc(O[C@H]2CCc3c(-c4cccc(OCCCCCC5CCCC5(C)C)c4C)cccc32)c(Cl)cc1CN1CC[C@@H](C(=O)O)C1. The van der Waals surface area contributed by atoms with Crippen molar-refractivity contribution < 1.29 is 24.1 Å². The minimum Gasteiger partial charge on any atom is -0.493 e. The van der Waals surface area contributed by atoms with Crippen molar-refractivity contribution >= 4 is 17.6 Å². The Balaban J connectivity index is 1.10. The van der Waals surface area contributed by atoms with E-state index in [9.17, 15) is 9.90 Å². The molecule has 264 valence electrons. The lowest BCUT2D eigenvalue weighted by molar-refractivity contribution is -0.141. The van der Waals surface area contributed by atoms with E-state index in [-0.39, 0.29) is 12.0 Å². The molecule has 0 spiro atoms. The third-order valence-electron chi connectivity index (χ3n) is 11.4. The van der Waals surface area contributed by atoms with Gasteiger partial charge in [-0.1, -0.05) is 75.0 Å². The number of carbonyl (C=O) groups is 1. The first kappa shape index (κ1) is 35.6. The quantitative estimate of drug-likeness (QED) is 0.160. The second-order valence-corrected chi connectivity index (χ2v) is 15.5. The molecule has 6 rings (SSSR count). The fourth-order valence-electron chi connectivity index (χ4n) is 8.49. The molecule has 49 heavy (non-hydrogen) atoms. The summed E-state index contributed by atoms with van der Waals surface area (Å²) in [6.07, 6.45) is 11.5. The Kier molecular flexibility index (Phi) is 11.5. The van der Waals surface area contributed by atoms with Crippen LogP contribution in [-0.2, 0) is 17.8 Å². The molecule has 1 unspecified atom stereocenters. The van der Waals surface area contributed by atoms with Crippen molar-refractivity contribution in [2.45, 2.75) is 105 Å². The summed E-state index contributed by atoms with van der Waals surface area (Å²) < 4.78 is 19.0. The van der Waals surface area contributed by atoms with Crippen LogP contribution in [0.25, 0.3) is 11.1 Å². The number of unbranched alkanes of at least 4 members (excludes halogenated alkanes) is 2.